The van der Waals surface area contributed by atoms with Gasteiger partial charge < -0.3 is 0 Å². The summed E-state index contributed by atoms with van der Waals surface area (Å²) in [6, 6.07) is 42.9. The van der Waals surface area contributed by atoms with Gasteiger partial charge in [-0.3, -0.25) is 9.97 Å². The largest absolute Gasteiger partial charge is 0.263 e. The molecule has 44 heavy (non-hydrogen) atoms. The van der Waals surface area contributed by atoms with E-state index in [-0.39, 0.29) is 0 Å². The van der Waals surface area contributed by atoms with Crippen molar-refractivity contribution in [1.29, 1.82) is 10.5 Å². The van der Waals surface area contributed by atoms with Gasteiger partial charge in [0.15, 0.2) is 0 Å². The lowest BCUT2D eigenvalue weighted by Gasteiger charge is -2.15. The van der Waals surface area contributed by atoms with E-state index in [1.165, 1.54) is 32.3 Å². The van der Waals surface area contributed by atoms with E-state index in [4.69, 9.17) is 0 Å². The topological polar surface area (TPSA) is 73.4 Å². The molecule has 0 unspecified atom stereocenters. The van der Waals surface area contributed by atoms with Gasteiger partial charge in [-0.15, -0.1) is 0 Å². The SMILES string of the molecule is N#Cc1cncc(-c2cccc(-c3cc4ccc5cc(-c6cccc(-c7cncc(C#N)c7)c6)cc6ccc(c3)c4c56)c2)c1. The van der Waals surface area contributed by atoms with Crippen molar-refractivity contribution in [3.05, 3.63) is 145 Å². The van der Waals surface area contributed by atoms with E-state index in [1.54, 1.807) is 24.8 Å². The fourth-order valence-electron chi connectivity index (χ4n) is 6.25. The van der Waals surface area contributed by atoms with Crippen LogP contribution < -0.4 is 0 Å². The van der Waals surface area contributed by atoms with Crippen molar-refractivity contribution in [2.45, 2.75) is 0 Å². The summed E-state index contributed by atoms with van der Waals surface area (Å²) in [4.78, 5) is 8.49. The predicted molar refractivity (Wildman–Crippen MR) is 177 cm³/mol. The van der Waals surface area contributed by atoms with E-state index in [0.29, 0.717) is 11.1 Å². The summed E-state index contributed by atoms with van der Waals surface area (Å²) in [5, 5.41) is 26.0. The highest BCUT2D eigenvalue weighted by atomic mass is 14.6. The zero-order valence-electron chi connectivity index (χ0n) is 23.5. The molecule has 202 valence electrons. The van der Waals surface area contributed by atoms with Crippen molar-refractivity contribution >= 4 is 32.3 Å². The van der Waals surface area contributed by atoms with E-state index in [2.05, 4.69) is 119 Å². The number of hydrogen-bond donors (Lipinski definition) is 0. The van der Waals surface area contributed by atoms with Crippen LogP contribution in [0.3, 0.4) is 0 Å². The van der Waals surface area contributed by atoms with Crippen LogP contribution in [-0.2, 0) is 0 Å². The van der Waals surface area contributed by atoms with Crippen LogP contribution in [0, 0.1) is 22.7 Å². The van der Waals surface area contributed by atoms with Crippen LogP contribution in [-0.4, -0.2) is 9.97 Å². The molecule has 0 aliphatic heterocycles. The van der Waals surface area contributed by atoms with Crippen molar-refractivity contribution in [3.8, 4) is 56.6 Å². The first kappa shape index (κ1) is 25.4. The first-order valence-electron chi connectivity index (χ1n) is 14.3. The number of benzene rings is 6. The van der Waals surface area contributed by atoms with Crippen molar-refractivity contribution in [2.24, 2.45) is 0 Å². The van der Waals surface area contributed by atoms with E-state index in [0.717, 1.165) is 44.5 Å². The Morgan fingerprint density at radius 3 is 1.09 bits per heavy atom. The van der Waals surface area contributed by atoms with Gasteiger partial charge in [0.1, 0.15) is 12.1 Å². The Bertz CT molecular complexity index is 2240. The Balaban J connectivity index is 1.21. The summed E-state index contributed by atoms with van der Waals surface area (Å²) in [6.07, 6.45) is 6.77. The Hall–Kier alpha value is -6.36. The minimum absolute atomic E-state index is 0.550. The van der Waals surface area contributed by atoms with E-state index >= 15 is 0 Å². The lowest BCUT2D eigenvalue weighted by Crippen LogP contribution is -1.89. The first-order valence-corrected chi connectivity index (χ1v) is 14.3. The fraction of sp³-hybridized carbons (Fsp3) is 0. The number of rotatable bonds is 4. The smallest absolute Gasteiger partial charge is 0.101 e. The van der Waals surface area contributed by atoms with Crippen LogP contribution in [0.1, 0.15) is 11.1 Å². The van der Waals surface area contributed by atoms with Gasteiger partial charge in [-0.05, 0) is 114 Å². The second-order valence-corrected chi connectivity index (χ2v) is 11.0. The van der Waals surface area contributed by atoms with E-state index in [1.807, 2.05) is 12.1 Å². The monoisotopic (exact) mass is 558 g/mol. The molecule has 8 aromatic rings. The molecule has 0 N–H and O–H groups in total. The maximum absolute atomic E-state index is 9.32. The minimum atomic E-state index is 0.550. The summed E-state index contributed by atoms with van der Waals surface area (Å²) in [5.41, 5.74) is 9.55. The van der Waals surface area contributed by atoms with Gasteiger partial charge >= 0.3 is 0 Å². The van der Waals surface area contributed by atoms with Crippen molar-refractivity contribution < 1.29 is 0 Å². The zero-order chi connectivity index (χ0) is 29.6. The highest BCUT2D eigenvalue weighted by Crippen LogP contribution is 2.40. The molecule has 0 saturated heterocycles. The van der Waals surface area contributed by atoms with Gasteiger partial charge in [0.05, 0.1) is 11.1 Å². The molecule has 2 aromatic heterocycles. The van der Waals surface area contributed by atoms with Gasteiger partial charge in [0.2, 0.25) is 0 Å². The summed E-state index contributed by atoms with van der Waals surface area (Å²) in [7, 11) is 0. The minimum Gasteiger partial charge on any atom is -0.263 e. The molecule has 0 fully saturated rings. The fourth-order valence-corrected chi connectivity index (χ4v) is 6.25. The number of aromatic nitrogens is 2. The van der Waals surface area contributed by atoms with Crippen LogP contribution in [0.25, 0.3) is 76.8 Å². The second-order valence-electron chi connectivity index (χ2n) is 11.0. The van der Waals surface area contributed by atoms with Gasteiger partial charge in [-0.2, -0.15) is 10.5 Å². The van der Waals surface area contributed by atoms with Crippen LogP contribution >= 0.6 is 0 Å². The normalized spacial score (nSPS) is 11.1. The van der Waals surface area contributed by atoms with Gasteiger partial charge in [-0.25, -0.2) is 0 Å². The van der Waals surface area contributed by atoms with E-state index < -0.39 is 0 Å². The van der Waals surface area contributed by atoms with Crippen LogP contribution in [0.15, 0.2) is 134 Å². The van der Waals surface area contributed by atoms with E-state index in [9.17, 15) is 10.5 Å². The molecule has 4 heteroatoms. The second kappa shape index (κ2) is 10.2. The third-order valence-electron chi connectivity index (χ3n) is 8.33. The van der Waals surface area contributed by atoms with Gasteiger partial charge in [0, 0.05) is 35.9 Å². The number of nitriles is 2. The molecule has 0 aliphatic carbocycles. The lowest BCUT2D eigenvalue weighted by molar-refractivity contribution is 1.30. The maximum atomic E-state index is 9.32. The van der Waals surface area contributed by atoms with Gasteiger partial charge in [0.25, 0.3) is 0 Å². The van der Waals surface area contributed by atoms with Gasteiger partial charge in [-0.1, -0.05) is 60.7 Å². The standard InChI is InChI=1S/C40H22N4/c41-19-25-11-37(23-43-21-25)29-5-1-3-27(13-29)35-15-31-7-9-33-17-36(18-34-10-8-32(16-35)39(31)40(33)34)28-4-2-6-30(14-28)38-12-26(20-42)22-44-24-38/h1-18,21-24H. The molecule has 0 spiro atoms. The Kier molecular flexibility index (Phi) is 5.86. The molecule has 4 nitrogen and oxygen atoms in total. The third kappa shape index (κ3) is 4.31. The zero-order valence-corrected chi connectivity index (χ0v) is 23.5. The Morgan fingerprint density at radius 2 is 0.727 bits per heavy atom. The molecule has 2 heterocycles. The van der Waals surface area contributed by atoms with Crippen LogP contribution in [0.2, 0.25) is 0 Å². The molecule has 6 aromatic carbocycles. The average molecular weight is 559 g/mol. The van der Waals surface area contributed by atoms with Crippen molar-refractivity contribution in [1.82, 2.24) is 9.97 Å². The summed E-state index contributed by atoms with van der Waals surface area (Å²) >= 11 is 0. The quantitative estimate of drug-likeness (QED) is 0.202. The third-order valence-corrected chi connectivity index (χ3v) is 8.33. The summed E-state index contributed by atoms with van der Waals surface area (Å²) < 4.78 is 0. The molecule has 0 aliphatic rings. The molecular weight excluding hydrogens is 536 g/mol. The Labute approximate surface area is 254 Å². The van der Waals surface area contributed by atoms with Crippen LogP contribution in [0.4, 0.5) is 0 Å². The van der Waals surface area contributed by atoms with Crippen LogP contribution in [0.5, 0.6) is 0 Å². The predicted octanol–water partition coefficient (Wildman–Crippen LogP) is 9.79. The number of nitrogens with zero attached hydrogens (tertiary/aromatic N) is 4. The highest BCUT2D eigenvalue weighted by Gasteiger charge is 2.13. The number of hydrogen-bond acceptors (Lipinski definition) is 4. The maximum Gasteiger partial charge on any atom is 0.101 e. The summed E-state index contributed by atoms with van der Waals surface area (Å²) in [5.74, 6) is 0. The molecule has 0 amide bonds. The van der Waals surface area contributed by atoms with Crippen molar-refractivity contribution in [3.63, 3.8) is 0 Å². The lowest BCUT2D eigenvalue weighted by atomic mass is 9.89. The molecule has 0 atom stereocenters. The number of pyridine rings is 2. The molecular formula is C40H22N4. The molecule has 0 saturated carbocycles. The Morgan fingerprint density at radius 1 is 0.364 bits per heavy atom. The van der Waals surface area contributed by atoms with Crippen molar-refractivity contribution in [2.75, 3.05) is 0 Å². The molecule has 0 radical (unpaired) electrons. The highest BCUT2D eigenvalue weighted by molar-refractivity contribution is 6.24. The first-order chi connectivity index (χ1) is 21.7. The summed E-state index contributed by atoms with van der Waals surface area (Å²) in [6.45, 7) is 0. The molecule has 8 rings (SSSR count). The molecule has 0 bridgehead atoms. The average Bonchev–Trinajstić information content (AvgIpc) is 3.10.